The average Bonchev–Trinajstić information content (AvgIpc) is 2.68. The minimum Gasteiger partial charge on any atom is -0.477 e. The Morgan fingerprint density at radius 3 is 2.33 bits per heavy atom. The fraction of sp³-hybridized carbons (Fsp3) is 0.286. The highest BCUT2D eigenvalue weighted by molar-refractivity contribution is 6.02. The quantitative estimate of drug-likeness (QED) is 0.606. The lowest BCUT2D eigenvalue weighted by atomic mass is 9.93. The van der Waals surface area contributed by atoms with Crippen molar-refractivity contribution < 1.29 is 19.5 Å². The van der Waals surface area contributed by atoms with E-state index in [0.29, 0.717) is 24.2 Å². The lowest BCUT2D eigenvalue weighted by Crippen LogP contribution is -2.65. The summed E-state index contributed by atoms with van der Waals surface area (Å²) in [4.78, 5) is 37.1. The number of primary amides is 1. The van der Waals surface area contributed by atoms with Gasteiger partial charge in [-0.15, -0.1) is 0 Å². The Morgan fingerprint density at radius 1 is 1.00 bits per heavy atom. The van der Waals surface area contributed by atoms with E-state index in [4.69, 9.17) is 5.73 Å². The first-order valence-corrected chi connectivity index (χ1v) is 9.03. The molecule has 1 unspecified atom stereocenters. The maximum Gasteiger partial charge on any atom is 0.362 e. The minimum atomic E-state index is -0.963. The van der Waals surface area contributed by atoms with Gasteiger partial charge in [0, 0.05) is 12.0 Å². The minimum absolute atomic E-state index is 0.0225. The number of ketones is 1. The molecule has 140 valence electrons. The number of carbonyl (C=O) groups excluding carboxylic acids is 2. The Morgan fingerprint density at radius 2 is 1.67 bits per heavy atom. The van der Waals surface area contributed by atoms with Crippen molar-refractivity contribution in [2.45, 2.75) is 25.3 Å². The van der Waals surface area contributed by atoms with Crippen LogP contribution in [0, 0.1) is 0 Å². The first-order valence-electron chi connectivity index (χ1n) is 9.03. The second-order valence-electron chi connectivity index (χ2n) is 6.94. The molecule has 27 heavy (non-hydrogen) atoms. The summed E-state index contributed by atoms with van der Waals surface area (Å²) in [5.41, 5.74) is 6.88. The van der Waals surface area contributed by atoms with Crippen molar-refractivity contribution in [3.8, 4) is 0 Å². The maximum absolute atomic E-state index is 13.0. The van der Waals surface area contributed by atoms with Gasteiger partial charge in [0.1, 0.15) is 17.8 Å². The number of benzene rings is 2. The predicted octanol–water partition coefficient (Wildman–Crippen LogP) is 2.61. The van der Waals surface area contributed by atoms with E-state index in [1.807, 2.05) is 6.07 Å². The molecule has 1 aliphatic rings. The van der Waals surface area contributed by atoms with Gasteiger partial charge in [-0.3, -0.25) is 14.1 Å². The average molecular weight is 367 g/mol. The molecule has 1 fully saturated rings. The molecular weight excluding hydrogens is 344 g/mol. The molecular formula is C21H23N2O4+. The van der Waals surface area contributed by atoms with Crippen molar-refractivity contribution in [3.05, 3.63) is 65.7 Å². The first-order chi connectivity index (χ1) is 13.0. The number of amides is 1. The standard InChI is InChI=1S/C21H22N2O4/c22-20(25)16-10-4-5-11-17(16)23(13-7-6-12-18(23)21(26)27)14-19(24)15-8-2-1-3-9-15/h1-5,8-11,18H,6-7,12-14H2,(H2-,22,25,26,27)/p+1/t18-,23?/m0/s1. The van der Waals surface area contributed by atoms with Crippen molar-refractivity contribution in [1.82, 2.24) is 4.48 Å². The molecule has 2 aromatic rings. The third-order valence-electron chi connectivity index (χ3n) is 5.34. The molecule has 6 nitrogen and oxygen atoms in total. The second kappa shape index (κ2) is 7.72. The van der Waals surface area contributed by atoms with Gasteiger partial charge in [-0.05, 0) is 25.0 Å². The predicted molar refractivity (Wildman–Crippen MR) is 103 cm³/mol. The van der Waals surface area contributed by atoms with Gasteiger partial charge < -0.3 is 10.8 Å². The summed E-state index contributed by atoms with van der Waals surface area (Å²) in [5.74, 6) is -1.73. The molecule has 0 saturated carbocycles. The molecule has 3 rings (SSSR count). The highest BCUT2D eigenvalue weighted by atomic mass is 16.4. The molecule has 1 amide bonds. The Labute approximate surface area is 157 Å². The summed E-state index contributed by atoms with van der Waals surface area (Å²) in [5, 5.41) is 9.91. The van der Waals surface area contributed by atoms with E-state index in [1.165, 1.54) is 0 Å². The molecule has 0 aliphatic carbocycles. The van der Waals surface area contributed by atoms with Gasteiger partial charge in [-0.1, -0.05) is 42.5 Å². The number of piperidine rings is 1. The van der Waals surface area contributed by atoms with Crippen LogP contribution in [0.2, 0.25) is 0 Å². The van der Waals surface area contributed by atoms with Crippen molar-refractivity contribution >= 4 is 23.3 Å². The molecule has 0 spiro atoms. The molecule has 0 bridgehead atoms. The molecule has 1 aliphatic heterocycles. The third-order valence-corrected chi connectivity index (χ3v) is 5.34. The van der Waals surface area contributed by atoms with Crippen LogP contribution in [0.4, 0.5) is 5.69 Å². The Bertz CT molecular complexity index is 865. The van der Waals surface area contributed by atoms with Gasteiger partial charge in [0.25, 0.3) is 5.91 Å². The van der Waals surface area contributed by atoms with Crippen LogP contribution in [0.15, 0.2) is 54.6 Å². The number of likely N-dealkylation sites (tertiary alicyclic amines) is 1. The lowest BCUT2D eigenvalue weighted by molar-refractivity contribution is -0.143. The summed E-state index contributed by atoms with van der Waals surface area (Å²) in [6.45, 7) is 0.450. The molecule has 1 saturated heterocycles. The highest BCUT2D eigenvalue weighted by Crippen LogP contribution is 2.36. The zero-order valence-electron chi connectivity index (χ0n) is 15.0. The number of hydrogen-bond donors (Lipinski definition) is 2. The monoisotopic (exact) mass is 367 g/mol. The number of Topliss-reactive ketones (excluding diaryl/α,β-unsaturated/α-hetero) is 1. The second-order valence-corrected chi connectivity index (χ2v) is 6.94. The van der Waals surface area contributed by atoms with Crippen LogP contribution in [0.5, 0.6) is 0 Å². The normalized spacial score (nSPS) is 22.1. The molecule has 6 heteroatoms. The van der Waals surface area contributed by atoms with Crippen LogP contribution in [-0.4, -0.2) is 41.9 Å². The van der Waals surface area contributed by atoms with Crippen LogP contribution < -0.4 is 10.2 Å². The molecule has 2 atom stereocenters. The van der Waals surface area contributed by atoms with E-state index in [2.05, 4.69) is 0 Å². The zero-order valence-corrected chi connectivity index (χ0v) is 15.0. The maximum atomic E-state index is 13.0. The summed E-state index contributed by atoms with van der Waals surface area (Å²) in [7, 11) is 0. The van der Waals surface area contributed by atoms with Crippen LogP contribution in [-0.2, 0) is 4.79 Å². The summed E-state index contributed by atoms with van der Waals surface area (Å²) < 4.78 is -0.0812. The first kappa shape index (κ1) is 18.8. The van der Waals surface area contributed by atoms with Crippen molar-refractivity contribution in [1.29, 1.82) is 0 Å². The van der Waals surface area contributed by atoms with Crippen LogP contribution in [0.1, 0.15) is 40.0 Å². The summed E-state index contributed by atoms with van der Waals surface area (Å²) in [6.07, 6.45) is 2.00. The van der Waals surface area contributed by atoms with Crippen molar-refractivity contribution in [2.75, 3.05) is 13.1 Å². The Hall–Kier alpha value is -2.99. The summed E-state index contributed by atoms with van der Waals surface area (Å²) in [6, 6.07) is 14.8. The van der Waals surface area contributed by atoms with Gasteiger partial charge in [0.05, 0.1) is 6.54 Å². The number of quaternary nitrogens is 1. The van der Waals surface area contributed by atoms with E-state index >= 15 is 0 Å². The number of para-hydroxylation sites is 1. The highest BCUT2D eigenvalue weighted by Gasteiger charge is 2.48. The van der Waals surface area contributed by atoms with Crippen LogP contribution in [0.3, 0.4) is 0 Å². The smallest absolute Gasteiger partial charge is 0.362 e. The summed E-state index contributed by atoms with van der Waals surface area (Å²) >= 11 is 0. The van der Waals surface area contributed by atoms with E-state index in [-0.39, 0.29) is 22.4 Å². The van der Waals surface area contributed by atoms with Crippen molar-refractivity contribution in [3.63, 3.8) is 0 Å². The number of rotatable bonds is 6. The fourth-order valence-electron chi connectivity index (χ4n) is 4.07. The van der Waals surface area contributed by atoms with Gasteiger partial charge in [0.15, 0.2) is 6.04 Å². The largest absolute Gasteiger partial charge is 0.477 e. The molecule has 0 radical (unpaired) electrons. The number of hydrogen-bond acceptors (Lipinski definition) is 3. The Kier molecular flexibility index (Phi) is 5.37. The number of carboxylic acid groups (broad SMARTS) is 1. The SMILES string of the molecule is NC(=O)c1ccccc1[N+]1(CC(=O)c2ccccc2)CCCC[C@H]1C(=O)O. The van der Waals surface area contributed by atoms with E-state index in [9.17, 15) is 19.5 Å². The third kappa shape index (κ3) is 3.61. The number of carbonyl (C=O) groups is 3. The number of aliphatic carboxylic acids is 1. The molecule has 1 heterocycles. The number of nitrogens with zero attached hydrogens (tertiary/aromatic N) is 1. The molecule has 0 aromatic heterocycles. The van der Waals surface area contributed by atoms with Crippen molar-refractivity contribution in [2.24, 2.45) is 5.73 Å². The topological polar surface area (TPSA) is 97.5 Å². The van der Waals surface area contributed by atoms with Gasteiger partial charge >= 0.3 is 5.97 Å². The fourth-order valence-corrected chi connectivity index (χ4v) is 4.07. The van der Waals surface area contributed by atoms with E-state index in [1.54, 1.807) is 48.5 Å². The van der Waals surface area contributed by atoms with E-state index < -0.39 is 17.9 Å². The number of carboxylic acids is 1. The zero-order chi connectivity index (χ0) is 19.4. The van der Waals surface area contributed by atoms with Crippen LogP contribution in [0.25, 0.3) is 0 Å². The van der Waals surface area contributed by atoms with Gasteiger partial charge in [-0.25, -0.2) is 4.79 Å². The Balaban J connectivity index is 2.14. The van der Waals surface area contributed by atoms with Crippen LogP contribution >= 0.6 is 0 Å². The number of nitrogens with two attached hydrogens (primary N) is 1. The van der Waals surface area contributed by atoms with E-state index in [0.717, 1.165) is 12.8 Å². The molecule has 2 aromatic carbocycles. The van der Waals surface area contributed by atoms with Gasteiger partial charge in [-0.2, -0.15) is 0 Å². The molecule has 3 N–H and O–H groups in total. The van der Waals surface area contributed by atoms with Gasteiger partial charge in [0.2, 0.25) is 5.78 Å². The lowest BCUT2D eigenvalue weighted by Gasteiger charge is -2.45.